The highest BCUT2D eigenvalue weighted by Gasteiger charge is 2.34. The summed E-state index contributed by atoms with van der Waals surface area (Å²) in [6, 6.07) is 0.0736. The molecule has 5 nitrogen and oxygen atoms in total. The molecule has 2 atom stereocenters. The highest BCUT2D eigenvalue weighted by molar-refractivity contribution is 7.11. The van der Waals surface area contributed by atoms with Gasteiger partial charge in [0.05, 0.1) is 10.9 Å². The number of likely N-dealkylation sites (tertiary alicyclic amines) is 1. The van der Waals surface area contributed by atoms with Crippen LogP contribution in [0.25, 0.3) is 0 Å². The average Bonchev–Trinajstić information content (AvgIpc) is 2.68. The Bertz CT molecular complexity index is 512. The van der Waals surface area contributed by atoms with Gasteiger partial charge < -0.3 is 10.0 Å². The zero-order valence-corrected chi connectivity index (χ0v) is 12.2. The van der Waals surface area contributed by atoms with Crippen molar-refractivity contribution in [3.63, 3.8) is 0 Å². The van der Waals surface area contributed by atoms with Gasteiger partial charge in [-0.25, -0.2) is 4.98 Å². The lowest BCUT2D eigenvalue weighted by molar-refractivity contribution is -0.143. The summed E-state index contributed by atoms with van der Waals surface area (Å²) in [5, 5.41) is 9.96. The number of piperidine rings is 1. The molecule has 0 saturated carbocycles. The number of aliphatic carboxylic acids is 1. The molecule has 1 aromatic heterocycles. The molecule has 6 heteroatoms. The average molecular weight is 282 g/mol. The molecule has 2 rings (SSSR count). The number of aryl methyl sites for hydroxylation is 2. The molecule has 104 valence electrons. The molecule has 1 aliphatic heterocycles. The molecular formula is C13H18N2O3S. The summed E-state index contributed by atoms with van der Waals surface area (Å²) in [5.41, 5.74) is 0.473. The number of hydrogen-bond donors (Lipinski definition) is 1. The standard InChI is InChI=1S/C13H18N2O3S/c1-7-4-5-10(13(17)18)6-15(7)12(16)11-8(2)19-9(3)14-11/h7,10H,4-6H2,1-3H3,(H,17,18). The molecular weight excluding hydrogens is 264 g/mol. The molecule has 19 heavy (non-hydrogen) atoms. The Balaban J connectivity index is 2.21. The Morgan fingerprint density at radius 3 is 2.58 bits per heavy atom. The van der Waals surface area contributed by atoms with Crippen LogP contribution in [0.5, 0.6) is 0 Å². The summed E-state index contributed by atoms with van der Waals surface area (Å²) in [6.45, 7) is 5.99. The van der Waals surface area contributed by atoms with E-state index in [0.717, 1.165) is 16.3 Å². The highest BCUT2D eigenvalue weighted by Crippen LogP contribution is 2.26. The third-order valence-electron chi connectivity index (χ3n) is 3.60. The van der Waals surface area contributed by atoms with Crippen LogP contribution in [0.4, 0.5) is 0 Å². The number of carboxylic acid groups (broad SMARTS) is 1. The quantitative estimate of drug-likeness (QED) is 0.901. The van der Waals surface area contributed by atoms with E-state index in [1.165, 1.54) is 11.3 Å². The van der Waals surface area contributed by atoms with E-state index >= 15 is 0 Å². The van der Waals surface area contributed by atoms with Crippen molar-refractivity contribution in [2.75, 3.05) is 6.54 Å². The first kappa shape index (κ1) is 14.0. The van der Waals surface area contributed by atoms with Gasteiger partial charge in [0.1, 0.15) is 5.69 Å². The molecule has 1 saturated heterocycles. The smallest absolute Gasteiger partial charge is 0.308 e. The van der Waals surface area contributed by atoms with Gasteiger partial charge in [0, 0.05) is 17.5 Å². The largest absolute Gasteiger partial charge is 0.481 e. The molecule has 0 spiro atoms. The Morgan fingerprint density at radius 2 is 2.05 bits per heavy atom. The topological polar surface area (TPSA) is 70.5 Å². The molecule has 1 aromatic rings. The van der Waals surface area contributed by atoms with Crippen LogP contribution in [-0.4, -0.2) is 39.5 Å². The maximum Gasteiger partial charge on any atom is 0.308 e. The Morgan fingerprint density at radius 1 is 1.37 bits per heavy atom. The van der Waals surface area contributed by atoms with E-state index in [0.29, 0.717) is 12.1 Å². The summed E-state index contributed by atoms with van der Waals surface area (Å²) >= 11 is 1.49. The van der Waals surface area contributed by atoms with Gasteiger partial charge in [0.25, 0.3) is 5.91 Å². The highest BCUT2D eigenvalue weighted by atomic mass is 32.1. The van der Waals surface area contributed by atoms with Crippen molar-refractivity contribution in [2.45, 2.75) is 39.7 Å². The maximum atomic E-state index is 12.5. The first-order chi connectivity index (χ1) is 8.90. The fraction of sp³-hybridized carbons (Fsp3) is 0.615. The lowest BCUT2D eigenvalue weighted by Gasteiger charge is -2.36. The minimum Gasteiger partial charge on any atom is -0.481 e. The first-order valence-electron chi connectivity index (χ1n) is 6.38. The van der Waals surface area contributed by atoms with Crippen molar-refractivity contribution in [1.29, 1.82) is 0 Å². The fourth-order valence-electron chi connectivity index (χ4n) is 2.45. The van der Waals surface area contributed by atoms with Crippen LogP contribution >= 0.6 is 11.3 Å². The second-order valence-corrected chi connectivity index (χ2v) is 6.46. The number of amides is 1. The van der Waals surface area contributed by atoms with Crippen molar-refractivity contribution in [3.05, 3.63) is 15.6 Å². The van der Waals surface area contributed by atoms with Crippen LogP contribution in [0.1, 0.15) is 40.1 Å². The van der Waals surface area contributed by atoms with Crippen LogP contribution < -0.4 is 0 Å². The maximum absolute atomic E-state index is 12.5. The number of aromatic nitrogens is 1. The van der Waals surface area contributed by atoms with Crippen LogP contribution in [-0.2, 0) is 4.79 Å². The third-order valence-corrected chi connectivity index (χ3v) is 4.48. The molecule has 0 aromatic carbocycles. The van der Waals surface area contributed by atoms with Gasteiger partial charge in [-0.05, 0) is 33.6 Å². The lowest BCUT2D eigenvalue weighted by Crippen LogP contribution is -2.47. The minimum atomic E-state index is -0.823. The van der Waals surface area contributed by atoms with Crippen molar-refractivity contribution in [3.8, 4) is 0 Å². The summed E-state index contributed by atoms with van der Waals surface area (Å²) < 4.78 is 0. The molecule has 0 bridgehead atoms. The number of rotatable bonds is 2. The van der Waals surface area contributed by atoms with E-state index in [2.05, 4.69) is 4.98 Å². The molecule has 0 radical (unpaired) electrons. The van der Waals surface area contributed by atoms with Crippen molar-refractivity contribution in [2.24, 2.45) is 5.92 Å². The number of thiazole rings is 1. The Kier molecular flexibility index (Phi) is 3.89. The Hall–Kier alpha value is -1.43. The predicted molar refractivity (Wildman–Crippen MR) is 72.4 cm³/mol. The second-order valence-electron chi connectivity index (χ2n) is 5.06. The summed E-state index contributed by atoms with van der Waals surface area (Å²) in [7, 11) is 0. The number of carbonyl (C=O) groups is 2. The number of carbonyl (C=O) groups excluding carboxylic acids is 1. The van der Waals surface area contributed by atoms with Gasteiger partial charge >= 0.3 is 5.97 Å². The van der Waals surface area contributed by atoms with Gasteiger partial charge in [-0.1, -0.05) is 0 Å². The summed E-state index contributed by atoms with van der Waals surface area (Å²) in [5.74, 6) is -1.42. The first-order valence-corrected chi connectivity index (χ1v) is 7.19. The zero-order valence-electron chi connectivity index (χ0n) is 11.3. The van der Waals surface area contributed by atoms with Crippen molar-refractivity contribution in [1.82, 2.24) is 9.88 Å². The Labute approximate surface area is 116 Å². The van der Waals surface area contributed by atoms with Gasteiger partial charge in [-0.2, -0.15) is 0 Å². The second kappa shape index (κ2) is 5.28. The van der Waals surface area contributed by atoms with Gasteiger partial charge in [-0.3, -0.25) is 9.59 Å². The van der Waals surface area contributed by atoms with E-state index in [1.807, 2.05) is 20.8 Å². The molecule has 1 N–H and O–H groups in total. The summed E-state index contributed by atoms with van der Waals surface area (Å²) in [4.78, 5) is 30.4. The third kappa shape index (κ3) is 2.78. The molecule has 2 heterocycles. The van der Waals surface area contributed by atoms with Crippen LogP contribution in [0, 0.1) is 19.8 Å². The van der Waals surface area contributed by atoms with E-state index in [1.54, 1.807) is 4.90 Å². The molecule has 2 unspecified atom stereocenters. The van der Waals surface area contributed by atoms with Crippen LogP contribution in [0.2, 0.25) is 0 Å². The van der Waals surface area contributed by atoms with Gasteiger partial charge in [0.2, 0.25) is 0 Å². The van der Waals surface area contributed by atoms with Crippen molar-refractivity contribution < 1.29 is 14.7 Å². The number of hydrogen-bond acceptors (Lipinski definition) is 4. The molecule has 1 aliphatic rings. The zero-order chi connectivity index (χ0) is 14.2. The minimum absolute atomic E-state index is 0.0736. The monoisotopic (exact) mass is 282 g/mol. The van der Waals surface area contributed by atoms with Crippen LogP contribution in [0.3, 0.4) is 0 Å². The summed E-state index contributed by atoms with van der Waals surface area (Å²) in [6.07, 6.45) is 1.36. The number of nitrogens with zero attached hydrogens (tertiary/aromatic N) is 2. The van der Waals surface area contributed by atoms with Crippen LogP contribution in [0.15, 0.2) is 0 Å². The molecule has 1 amide bonds. The van der Waals surface area contributed by atoms with E-state index < -0.39 is 11.9 Å². The van der Waals surface area contributed by atoms with Crippen molar-refractivity contribution >= 4 is 23.2 Å². The molecule has 1 fully saturated rings. The van der Waals surface area contributed by atoms with Gasteiger partial charge in [-0.15, -0.1) is 11.3 Å². The van der Waals surface area contributed by atoms with E-state index in [9.17, 15) is 9.59 Å². The normalized spacial score (nSPS) is 23.4. The molecule has 0 aliphatic carbocycles. The number of carboxylic acids is 1. The van der Waals surface area contributed by atoms with Gasteiger partial charge in [0.15, 0.2) is 0 Å². The predicted octanol–water partition coefficient (Wildman–Crippen LogP) is 2.09. The lowest BCUT2D eigenvalue weighted by atomic mass is 9.93. The van der Waals surface area contributed by atoms with E-state index in [-0.39, 0.29) is 18.5 Å². The van der Waals surface area contributed by atoms with E-state index in [4.69, 9.17) is 5.11 Å². The SMILES string of the molecule is Cc1nc(C(=O)N2CC(C(=O)O)CCC2C)c(C)s1. The fourth-order valence-corrected chi connectivity index (χ4v) is 3.26.